The van der Waals surface area contributed by atoms with Gasteiger partial charge in [-0.2, -0.15) is 0 Å². The highest BCUT2D eigenvalue weighted by Gasteiger charge is 2.52. The lowest BCUT2D eigenvalue weighted by molar-refractivity contribution is -0.347. The Labute approximate surface area is 270 Å². The summed E-state index contributed by atoms with van der Waals surface area (Å²) < 4.78 is 21.3. The van der Waals surface area contributed by atoms with Crippen LogP contribution in [0.2, 0.25) is 0 Å². The van der Waals surface area contributed by atoms with Crippen LogP contribution >= 0.6 is 11.3 Å². The quantitative estimate of drug-likeness (QED) is 0.160. The fraction of sp³-hybridized carbons (Fsp3) is 0.350. The third kappa shape index (κ3) is 6.65. The Morgan fingerprint density at radius 3 is 2.18 bits per heavy atom. The largest absolute Gasteiger partial charge is 0.371 e. The number of ether oxygens (including phenoxy) is 3. The van der Waals surface area contributed by atoms with Gasteiger partial charge >= 0.3 is 0 Å². The van der Waals surface area contributed by atoms with Gasteiger partial charge in [-0.1, -0.05) is 91.9 Å². The van der Waals surface area contributed by atoms with Crippen LogP contribution in [0.4, 0.5) is 0 Å². The zero-order chi connectivity index (χ0) is 30.8. The van der Waals surface area contributed by atoms with E-state index in [1.807, 2.05) is 47.7 Å². The molecule has 2 heterocycles. The van der Waals surface area contributed by atoms with Crippen molar-refractivity contribution in [1.29, 1.82) is 0 Å². The molecule has 45 heavy (non-hydrogen) atoms. The minimum Gasteiger partial charge on any atom is -0.371 e. The topological polar surface area (TPSA) is 47.9 Å². The standard InChI is InChI=1S/C40H42O4S/c1-3-33-24-37(42-25-28-12-6-4-7-13-28)39(43-26-29-14-8-5-9-15-29)40(41,44-33)36-23-32(35(20-27(36)2)30-18-19-30)22-34-21-31-16-10-11-17-38(31)45-34/h4-17,20-21,23,30,33,37,39,41H,3,18-19,22,24-26H2,1-2H3/t33-,37+,39-,40?/m1/s1. The highest BCUT2D eigenvalue weighted by atomic mass is 32.1. The van der Waals surface area contributed by atoms with Gasteiger partial charge in [0.15, 0.2) is 0 Å². The van der Waals surface area contributed by atoms with Crippen LogP contribution in [0.1, 0.15) is 76.8 Å². The number of hydrogen-bond acceptors (Lipinski definition) is 5. The van der Waals surface area contributed by atoms with E-state index in [-0.39, 0.29) is 12.2 Å². The normalized spacial score (nSPS) is 23.4. The SMILES string of the molecule is CC[C@@H]1C[C@H](OCc2ccccc2)[C@@H](OCc2ccccc2)C(O)(c2cc(Cc3cc4ccccc4s3)c(C3CC3)cc2C)O1. The average Bonchev–Trinajstić information content (AvgIpc) is 3.83. The van der Waals surface area contributed by atoms with Crippen LogP contribution < -0.4 is 0 Å². The van der Waals surface area contributed by atoms with E-state index >= 15 is 0 Å². The van der Waals surface area contributed by atoms with Crippen molar-refractivity contribution in [3.05, 3.63) is 141 Å². The number of fused-ring (bicyclic) bond motifs is 1. The summed E-state index contributed by atoms with van der Waals surface area (Å²) in [6.45, 7) is 5.02. The second kappa shape index (κ2) is 13.2. The molecule has 5 aromatic rings. The molecule has 0 radical (unpaired) electrons. The molecule has 1 saturated carbocycles. The summed E-state index contributed by atoms with van der Waals surface area (Å²) in [6, 6.07) is 35.8. The first-order chi connectivity index (χ1) is 22.0. The first-order valence-electron chi connectivity index (χ1n) is 16.3. The van der Waals surface area contributed by atoms with Gasteiger partial charge in [-0.15, -0.1) is 11.3 Å². The molecular weight excluding hydrogens is 577 g/mol. The number of aliphatic hydroxyl groups is 1. The minimum atomic E-state index is -1.67. The molecule has 1 saturated heterocycles. The zero-order valence-corrected chi connectivity index (χ0v) is 27.0. The van der Waals surface area contributed by atoms with Crippen molar-refractivity contribution in [2.45, 2.75) is 89.2 Å². The molecule has 0 spiro atoms. The average molecular weight is 619 g/mol. The van der Waals surface area contributed by atoms with Crippen molar-refractivity contribution in [3.63, 3.8) is 0 Å². The highest BCUT2D eigenvalue weighted by molar-refractivity contribution is 7.19. The molecule has 0 amide bonds. The van der Waals surface area contributed by atoms with Crippen molar-refractivity contribution in [2.24, 2.45) is 0 Å². The fourth-order valence-corrected chi connectivity index (χ4v) is 7.87. The Balaban J connectivity index is 1.27. The Bertz CT molecular complexity index is 1690. The van der Waals surface area contributed by atoms with E-state index in [1.165, 1.54) is 38.9 Å². The van der Waals surface area contributed by atoms with Crippen LogP contribution in [0.25, 0.3) is 10.1 Å². The summed E-state index contributed by atoms with van der Waals surface area (Å²) in [6.07, 6.45) is 3.45. The molecule has 232 valence electrons. The molecule has 1 aliphatic heterocycles. The number of hydrogen-bond donors (Lipinski definition) is 1. The Morgan fingerprint density at radius 2 is 1.51 bits per heavy atom. The first-order valence-corrected chi connectivity index (χ1v) is 17.1. The van der Waals surface area contributed by atoms with E-state index in [0.29, 0.717) is 25.6 Å². The summed E-state index contributed by atoms with van der Waals surface area (Å²) in [5.41, 5.74) is 6.63. The van der Waals surface area contributed by atoms with Crippen LogP contribution in [0, 0.1) is 6.92 Å². The molecule has 4 atom stereocenters. The Kier molecular flexibility index (Phi) is 8.89. The van der Waals surface area contributed by atoms with Crippen molar-refractivity contribution in [2.75, 3.05) is 0 Å². The van der Waals surface area contributed by atoms with E-state index < -0.39 is 11.9 Å². The van der Waals surface area contributed by atoms with E-state index in [1.54, 1.807) is 0 Å². The lowest BCUT2D eigenvalue weighted by Gasteiger charge is -2.47. The molecular formula is C40H42O4S. The smallest absolute Gasteiger partial charge is 0.222 e. The number of thiophene rings is 1. The second-order valence-electron chi connectivity index (χ2n) is 12.7. The summed E-state index contributed by atoms with van der Waals surface area (Å²) in [5, 5.41) is 14.1. The lowest BCUT2D eigenvalue weighted by atomic mass is 9.84. The Hall–Kier alpha value is -3.32. The number of rotatable bonds is 11. The maximum Gasteiger partial charge on any atom is 0.222 e. The maximum absolute atomic E-state index is 12.9. The summed E-state index contributed by atoms with van der Waals surface area (Å²) in [4.78, 5) is 1.33. The van der Waals surface area contributed by atoms with E-state index in [9.17, 15) is 5.11 Å². The monoisotopic (exact) mass is 618 g/mol. The van der Waals surface area contributed by atoms with E-state index in [0.717, 1.165) is 35.1 Å². The molecule has 1 aliphatic carbocycles. The third-order valence-corrected chi connectivity index (χ3v) is 10.4. The summed E-state index contributed by atoms with van der Waals surface area (Å²) >= 11 is 1.85. The van der Waals surface area contributed by atoms with E-state index in [4.69, 9.17) is 14.2 Å². The minimum absolute atomic E-state index is 0.166. The van der Waals surface area contributed by atoms with Gasteiger partial charge in [0.25, 0.3) is 0 Å². The summed E-state index contributed by atoms with van der Waals surface area (Å²) in [5.74, 6) is -1.09. The maximum atomic E-state index is 12.9. The molecule has 2 fully saturated rings. The summed E-state index contributed by atoms with van der Waals surface area (Å²) in [7, 11) is 0. The zero-order valence-electron chi connectivity index (χ0n) is 26.2. The molecule has 1 unspecified atom stereocenters. The van der Waals surface area contributed by atoms with Crippen molar-refractivity contribution < 1.29 is 19.3 Å². The molecule has 2 aliphatic rings. The second-order valence-corrected chi connectivity index (χ2v) is 13.9. The molecule has 7 rings (SSSR count). The molecule has 1 N–H and O–H groups in total. The molecule has 1 aromatic heterocycles. The van der Waals surface area contributed by atoms with Gasteiger partial charge in [0.05, 0.1) is 25.4 Å². The predicted octanol–water partition coefficient (Wildman–Crippen LogP) is 9.19. The van der Waals surface area contributed by atoms with Crippen LogP contribution in [-0.4, -0.2) is 23.4 Å². The third-order valence-electron chi connectivity index (χ3n) is 9.33. The molecule has 0 bridgehead atoms. The van der Waals surface area contributed by atoms with Gasteiger partial charge in [0.2, 0.25) is 5.79 Å². The fourth-order valence-electron chi connectivity index (χ4n) is 6.78. The molecule has 4 aromatic carbocycles. The predicted molar refractivity (Wildman–Crippen MR) is 182 cm³/mol. The van der Waals surface area contributed by atoms with Gasteiger partial charge < -0.3 is 19.3 Å². The van der Waals surface area contributed by atoms with Crippen LogP contribution in [0.3, 0.4) is 0 Å². The van der Waals surface area contributed by atoms with Crippen molar-refractivity contribution >= 4 is 21.4 Å². The van der Waals surface area contributed by atoms with Gasteiger partial charge in [0.1, 0.15) is 6.10 Å². The molecule has 4 nitrogen and oxygen atoms in total. The number of aryl methyl sites for hydroxylation is 1. The lowest BCUT2D eigenvalue weighted by Crippen LogP contribution is -2.58. The number of benzene rings is 4. The van der Waals surface area contributed by atoms with E-state index in [2.05, 4.69) is 80.6 Å². The van der Waals surface area contributed by atoms with Gasteiger partial charge in [-0.25, -0.2) is 0 Å². The Morgan fingerprint density at radius 1 is 0.844 bits per heavy atom. The van der Waals surface area contributed by atoms with Gasteiger partial charge in [-0.05, 0) is 83.5 Å². The first kappa shape index (κ1) is 30.3. The van der Waals surface area contributed by atoms with Gasteiger partial charge in [0, 0.05) is 28.0 Å². The highest BCUT2D eigenvalue weighted by Crippen LogP contribution is 2.47. The van der Waals surface area contributed by atoms with Crippen LogP contribution in [-0.2, 0) is 39.6 Å². The van der Waals surface area contributed by atoms with Crippen molar-refractivity contribution in [3.8, 4) is 0 Å². The van der Waals surface area contributed by atoms with Crippen LogP contribution in [0.15, 0.2) is 103 Å². The van der Waals surface area contributed by atoms with Gasteiger partial charge in [-0.3, -0.25) is 0 Å². The molecule has 5 heteroatoms. The van der Waals surface area contributed by atoms with Crippen molar-refractivity contribution in [1.82, 2.24) is 0 Å². The van der Waals surface area contributed by atoms with Crippen LogP contribution in [0.5, 0.6) is 0 Å².